The normalized spacial score (nSPS) is 14.9. The van der Waals surface area contributed by atoms with E-state index in [1.807, 2.05) is 0 Å². The maximum atomic E-state index is 5.45. The Balaban J connectivity index is 1.76. The molecule has 0 radical (unpaired) electrons. The zero-order chi connectivity index (χ0) is 12.3. The lowest BCUT2D eigenvalue weighted by Gasteiger charge is -2.15. The van der Waals surface area contributed by atoms with Crippen LogP contribution in [-0.4, -0.2) is 46.0 Å². The number of rotatable bonds is 6. The van der Waals surface area contributed by atoms with Gasteiger partial charge >= 0.3 is 0 Å². The van der Waals surface area contributed by atoms with Crippen molar-refractivity contribution in [1.82, 2.24) is 14.9 Å². The van der Waals surface area contributed by atoms with E-state index in [9.17, 15) is 0 Å². The summed E-state index contributed by atoms with van der Waals surface area (Å²) in [5.41, 5.74) is 6.00. The third-order valence-corrected chi connectivity index (χ3v) is 3.05. The molecule has 0 aromatic carbocycles. The van der Waals surface area contributed by atoms with Crippen molar-refractivity contribution in [1.29, 1.82) is 0 Å². The third kappa shape index (κ3) is 3.61. The van der Waals surface area contributed by atoms with Crippen molar-refractivity contribution >= 4 is 23.0 Å². The van der Waals surface area contributed by atoms with Crippen LogP contribution in [0, 0.1) is 0 Å². The fourth-order valence-electron chi connectivity index (χ4n) is 1.60. The van der Waals surface area contributed by atoms with Gasteiger partial charge in [-0.15, -0.1) is 0 Å². The van der Waals surface area contributed by atoms with Crippen LogP contribution in [0.25, 0.3) is 0 Å². The number of hydrogen-bond acceptors (Lipinski definition) is 5. The first-order chi connectivity index (χ1) is 8.16. The number of hydrogen-bond donors (Lipinski definition) is 2. The number of nitrogens with two attached hydrogens (primary N) is 1. The highest BCUT2D eigenvalue weighted by atomic mass is 32.1. The lowest BCUT2D eigenvalue weighted by molar-refractivity contribution is 0.337. The molecule has 92 valence electrons. The molecule has 3 N–H and O–H groups in total. The van der Waals surface area contributed by atoms with Gasteiger partial charge in [-0.25, -0.2) is 9.97 Å². The van der Waals surface area contributed by atoms with Crippen molar-refractivity contribution in [2.75, 3.05) is 25.5 Å². The van der Waals surface area contributed by atoms with Gasteiger partial charge in [0.05, 0.1) is 12.4 Å². The number of aromatic nitrogens is 2. The van der Waals surface area contributed by atoms with Crippen LogP contribution in [0.1, 0.15) is 18.5 Å². The maximum Gasteiger partial charge on any atom is 0.144 e. The van der Waals surface area contributed by atoms with Gasteiger partial charge in [-0.3, -0.25) is 0 Å². The van der Waals surface area contributed by atoms with E-state index >= 15 is 0 Å². The van der Waals surface area contributed by atoms with Gasteiger partial charge in [-0.2, -0.15) is 0 Å². The summed E-state index contributed by atoms with van der Waals surface area (Å²) in [6, 6.07) is 0.792. The topological polar surface area (TPSA) is 67.1 Å². The molecular formula is C11H17N5S. The van der Waals surface area contributed by atoms with Crippen molar-refractivity contribution < 1.29 is 0 Å². The summed E-state index contributed by atoms with van der Waals surface area (Å²) < 4.78 is 0. The molecule has 1 aromatic rings. The minimum absolute atomic E-state index is 0.275. The minimum atomic E-state index is 0.275. The maximum absolute atomic E-state index is 5.45. The average molecular weight is 251 g/mol. The predicted octanol–water partition coefficient (Wildman–Crippen LogP) is 0.617. The molecule has 5 nitrogen and oxygen atoms in total. The molecule has 1 fully saturated rings. The smallest absolute Gasteiger partial charge is 0.144 e. The monoisotopic (exact) mass is 251 g/mol. The SMILES string of the molecule is CN(CCNc1cnc(C(N)=S)cn1)C1CC1. The van der Waals surface area contributed by atoms with Crippen molar-refractivity contribution in [2.45, 2.75) is 18.9 Å². The lowest BCUT2D eigenvalue weighted by atomic mass is 10.4. The van der Waals surface area contributed by atoms with E-state index in [0.29, 0.717) is 5.69 Å². The van der Waals surface area contributed by atoms with Gasteiger partial charge < -0.3 is 16.0 Å². The van der Waals surface area contributed by atoms with Crippen molar-refractivity contribution in [3.63, 3.8) is 0 Å². The van der Waals surface area contributed by atoms with Gasteiger partial charge in [0.15, 0.2) is 0 Å². The first-order valence-electron chi connectivity index (χ1n) is 5.73. The Morgan fingerprint density at radius 3 is 2.82 bits per heavy atom. The van der Waals surface area contributed by atoms with Crippen LogP contribution >= 0.6 is 12.2 Å². The summed E-state index contributed by atoms with van der Waals surface area (Å²) in [5.74, 6) is 0.759. The standard InChI is InChI=1S/C11H17N5S/c1-16(8-2-3-8)5-4-13-10-7-14-9(6-15-10)11(12)17/h6-8H,2-5H2,1H3,(H2,12,17)(H,13,15). The van der Waals surface area contributed by atoms with E-state index in [1.54, 1.807) is 12.4 Å². The average Bonchev–Trinajstić information content (AvgIpc) is 3.13. The highest BCUT2D eigenvalue weighted by Gasteiger charge is 2.25. The van der Waals surface area contributed by atoms with Gasteiger partial charge in [0, 0.05) is 19.1 Å². The van der Waals surface area contributed by atoms with E-state index in [1.165, 1.54) is 12.8 Å². The molecule has 0 saturated heterocycles. The zero-order valence-corrected chi connectivity index (χ0v) is 10.7. The Bertz CT molecular complexity index is 387. The fraction of sp³-hybridized carbons (Fsp3) is 0.545. The number of nitrogens with one attached hydrogen (secondary N) is 1. The molecule has 0 amide bonds. The minimum Gasteiger partial charge on any atom is -0.388 e. The van der Waals surface area contributed by atoms with Crippen LogP contribution in [0.15, 0.2) is 12.4 Å². The van der Waals surface area contributed by atoms with Crippen LogP contribution < -0.4 is 11.1 Å². The second kappa shape index (κ2) is 5.37. The molecule has 1 aromatic heterocycles. The molecule has 2 rings (SSSR count). The molecule has 0 spiro atoms. The number of thiocarbonyl (C=S) groups is 1. The molecule has 0 aliphatic heterocycles. The molecule has 1 heterocycles. The van der Waals surface area contributed by atoms with Crippen molar-refractivity contribution in [2.24, 2.45) is 5.73 Å². The van der Waals surface area contributed by atoms with Gasteiger partial charge in [0.1, 0.15) is 16.5 Å². The van der Waals surface area contributed by atoms with Crippen LogP contribution in [0.2, 0.25) is 0 Å². The summed E-state index contributed by atoms with van der Waals surface area (Å²) in [7, 11) is 2.15. The second-order valence-corrected chi connectivity index (χ2v) is 4.73. The summed E-state index contributed by atoms with van der Waals surface area (Å²) in [6.07, 6.45) is 5.92. The number of nitrogens with zero attached hydrogens (tertiary/aromatic N) is 3. The molecule has 1 saturated carbocycles. The predicted molar refractivity (Wildman–Crippen MR) is 72.1 cm³/mol. The summed E-state index contributed by atoms with van der Waals surface area (Å²) in [5, 5.41) is 3.22. The van der Waals surface area contributed by atoms with Gasteiger partial charge in [0.25, 0.3) is 0 Å². The van der Waals surface area contributed by atoms with E-state index in [2.05, 4.69) is 27.2 Å². The van der Waals surface area contributed by atoms with Gasteiger partial charge in [-0.05, 0) is 19.9 Å². The third-order valence-electron chi connectivity index (χ3n) is 2.85. The first-order valence-corrected chi connectivity index (χ1v) is 6.13. The van der Waals surface area contributed by atoms with E-state index in [-0.39, 0.29) is 4.99 Å². The highest BCUT2D eigenvalue weighted by Crippen LogP contribution is 2.24. The highest BCUT2D eigenvalue weighted by molar-refractivity contribution is 7.80. The molecule has 0 unspecified atom stereocenters. The van der Waals surface area contributed by atoms with Crippen molar-refractivity contribution in [3.8, 4) is 0 Å². The quantitative estimate of drug-likeness (QED) is 0.722. The number of likely N-dealkylation sites (N-methyl/N-ethyl adjacent to an activating group) is 1. The fourth-order valence-corrected chi connectivity index (χ4v) is 1.71. The molecule has 1 aliphatic rings. The zero-order valence-electron chi connectivity index (χ0n) is 9.89. The van der Waals surface area contributed by atoms with E-state index < -0.39 is 0 Å². The summed E-state index contributed by atoms with van der Waals surface area (Å²) in [4.78, 5) is 11.0. The second-order valence-electron chi connectivity index (χ2n) is 4.29. The lowest BCUT2D eigenvalue weighted by Crippen LogP contribution is -2.27. The largest absolute Gasteiger partial charge is 0.388 e. The number of anilines is 1. The van der Waals surface area contributed by atoms with Crippen LogP contribution in [0.3, 0.4) is 0 Å². The molecule has 1 aliphatic carbocycles. The van der Waals surface area contributed by atoms with Crippen LogP contribution in [-0.2, 0) is 0 Å². The van der Waals surface area contributed by atoms with Crippen LogP contribution in [0.4, 0.5) is 5.82 Å². The molecular weight excluding hydrogens is 234 g/mol. The summed E-state index contributed by atoms with van der Waals surface area (Å²) in [6.45, 7) is 1.89. The molecule has 6 heteroatoms. The van der Waals surface area contributed by atoms with E-state index in [4.69, 9.17) is 18.0 Å². The summed E-state index contributed by atoms with van der Waals surface area (Å²) >= 11 is 4.81. The Morgan fingerprint density at radius 2 is 2.29 bits per heavy atom. The van der Waals surface area contributed by atoms with Crippen molar-refractivity contribution in [3.05, 3.63) is 18.1 Å². The first kappa shape index (κ1) is 12.2. The van der Waals surface area contributed by atoms with Gasteiger partial charge in [0.2, 0.25) is 0 Å². The Kier molecular flexibility index (Phi) is 3.86. The molecule has 17 heavy (non-hydrogen) atoms. The van der Waals surface area contributed by atoms with E-state index in [0.717, 1.165) is 24.9 Å². The Labute approximate surface area is 106 Å². The van der Waals surface area contributed by atoms with Gasteiger partial charge in [-0.1, -0.05) is 12.2 Å². The molecule has 0 bridgehead atoms. The Hall–Kier alpha value is -1.27. The van der Waals surface area contributed by atoms with Crippen LogP contribution in [0.5, 0.6) is 0 Å². The Morgan fingerprint density at radius 1 is 1.53 bits per heavy atom. The molecule has 0 atom stereocenters.